The van der Waals surface area contributed by atoms with Gasteiger partial charge in [-0.2, -0.15) is 0 Å². The van der Waals surface area contributed by atoms with Crippen LogP contribution < -0.4 is 5.32 Å². The SMILES string of the molecule is O=C(Nc1ccc(F)cc1)N1CCC(c2ccncc2)CC1. The van der Waals surface area contributed by atoms with Crippen molar-refractivity contribution in [3.8, 4) is 0 Å². The maximum absolute atomic E-state index is 12.9. The summed E-state index contributed by atoms with van der Waals surface area (Å²) in [7, 11) is 0. The number of hydrogen-bond acceptors (Lipinski definition) is 2. The molecule has 3 rings (SSSR count). The van der Waals surface area contributed by atoms with Crippen molar-refractivity contribution in [3.63, 3.8) is 0 Å². The molecule has 1 aromatic carbocycles. The van der Waals surface area contributed by atoms with Crippen LogP contribution in [0.2, 0.25) is 0 Å². The number of piperidine rings is 1. The topological polar surface area (TPSA) is 45.2 Å². The van der Waals surface area contributed by atoms with Crippen LogP contribution in [0.15, 0.2) is 48.8 Å². The number of nitrogens with one attached hydrogen (secondary N) is 1. The number of carbonyl (C=O) groups is 1. The second kappa shape index (κ2) is 6.56. The van der Waals surface area contributed by atoms with E-state index in [1.807, 2.05) is 24.5 Å². The molecule has 0 spiro atoms. The molecule has 0 bridgehead atoms. The van der Waals surface area contributed by atoms with Crippen molar-refractivity contribution < 1.29 is 9.18 Å². The molecule has 2 heterocycles. The Morgan fingerprint density at radius 3 is 2.36 bits per heavy atom. The molecular weight excluding hydrogens is 281 g/mol. The van der Waals surface area contributed by atoms with Crippen LogP contribution in [0.1, 0.15) is 24.3 Å². The Morgan fingerprint density at radius 2 is 1.73 bits per heavy atom. The number of benzene rings is 1. The maximum Gasteiger partial charge on any atom is 0.321 e. The van der Waals surface area contributed by atoms with E-state index in [1.165, 1.54) is 17.7 Å². The number of nitrogens with zero attached hydrogens (tertiary/aromatic N) is 2. The number of pyridine rings is 1. The molecule has 1 fully saturated rings. The minimum atomic E-state index is -0.309. The number of anilines is 1. The molecule has 0 unspecified atom stereocenters. The fourth-order valence-electron chi connectivity index (χ4n) is 2.79. The van der Waals surface area contributed by atoms with E-state index >= 15 is 0 Å². The lowest BCUT2D eigenvalue weighted by molar-refractivity contribution is 0.194. The number of rotatable bonds is 2. The van der Waals surface area contributed by atoms with Gasteiger partial charge < -0.3 is 10.2 Å². The zero-order valence-electron chi connectivity index (χ0n) is 12.2. The third-order valence-electron chi connectivity index (χ3n) is 4.06. The minimum absolute atomic E-state index is 0.125. The lowest BCUT2D eigenvalue weighted by atomic mass is 9.90. The molecule has 5 heteroatoms. The van der Waals surface area contributed by atoms with Crippen molar-refractivity contribution in [2.75, 3.05) is 18.4 Å². The molecule has 1 aromatic heterocycles. The van der Waals surface area contributed by atoms with Gasteiger partial charge in [-0.05, 0) is 60.7 Å². The van der Waals surface area contributed by atoms with Gasteiger partial charge in [0.25, 0.3) is 0 Å². The number of carbonyl (C=O) groups excluding carboxylic acids is 1. The highest BCUT2D eigenvalue weighted by Gasteiger charge is 2.23. The quantitative estimate of drug-likeness (QED) is 0.920. The van der Waals surface area contributed by atoms with Crippen LogP contribution in [0, 0.1) is 5.82 Å². The van der Waals surface area contributed by atoms with Crippen LogP contribution in [0.3, 0.4) is 0 Å². The van der Waals surface area contributed by atoms with Gasteiger partial charge >= 0.3 is 6.03 Å². The van der Waals surface area contributed by atoms with E-state index in [9.17, 15) is 9.18 Å². The summed E-state index contributed by atoms with van der Waals surface area (Å²) >= 11 is 0. The van der Waals surface area contributed by atoms with Gasteiger partial charge in [0.2, 0.25) is 0 Å². The van der Waals surface area contributed by atoms with Crippen LogP contribution in [0.5, 0.6) is 0 Å². The smallest absolute Gasteiger partial charge is 0.321 e. The van der Waals surface area contributed by atoms with Crippen molar-refractivity contribution in [3.05, 3.63) is 60.2 Å². The summed E-state index contributed by atoms with van der Waals surface area (Å²) in [5, 5.41) is 2.80. The van der Waals surface area contributed by atoms with Crippen LogP contribution in [0.25, 0.3) is 0 Å². The first-order chi connectivity index (χ1) is 10.7. The van der Waals surface area contributed by atoms with Gasteiger partial charge in [0.15, 0.2) is 0 Å². The van der Waals surface area contributed by atoms with E-state index in [4.69, 9.17) is 0 Å². The van der Waals surface area contributed by atoms with E-state index in [1.54, 1.807) is 17.0 Å². The fraction of sp³-hybridized carbons (Fsp3) is 0.294. The Labute approximate surface area is 129 Å². The molecule has 0 aliphatic carbocycles. The normalized spacial score (nSPS) is 15.6. The van der Waals surface area contributed by atoms with Crippen LogP contribution >= 0.6 is 0 Å². The third kappa shape index (κ3) is 3.42. The van der Waals surface area contributed by atoms with Gasteiger partial charge in [-0.25, -0.2) is 9.18 Å². The van der Waals surface area contributed by atoms with Crippen LogP contribution in [-0.4, -0.2) is 29.0 Å². The van der Waals surface area contributed by atoms with Gasteiger partial charge in [-0.1, -0.05) is 0 Å². The van der Waals surface area contributed by atoms with E-state index in [2.05, 4.69) is 10.3 Å². The summed E-state index contributed by atoms with van der Waals surface area (Å²) in [5.74, 6) is 0.175. The van der Waals surface area contributed by atoms with E-state index < -0.39 is 0 Å². The number of likely N-dealkylation sites (tertiary alicyclic amines) is 1. The summed E-state index contributed by atoms with van der Waals surface area (Å²) < 4.78 is 12.9. The molecule has 1 N–H and O–H groups in total. The molecule has 0 radical (unpaired) electrons. The van der Waals surface area contributed by atoms with Crippen molar-refractivity contribution >= 4 is 11.7 Å². The Hall–Kier alpha value is -2.43. The third-order valence-corrected chi connectivity index (χ3v) is 4.06. The Balaban J connectivity index is 1.54. The Bertz CT molecular complexity index is 622. The maximum atomic E-state index is 12.9. The summed E-state index contributed by atoms with van der Waals surface area (Å²) in [4.78, 5) is 18.0. The fourth-order valence-corrected chi connectivity index (χ4v) is 2.79. The Kier molecular flexibility index (Phi) is 4.32. The highest BCUT2D eigenvalue weighted by Crippen LogP contribution is 2.27. The number of amides is 2. The second-order valence-corrected chi connectivity index (χ2v) is 5.48. The summed E-state index contributed by atoms with van der Waals surface area (Å²) in [6, 6.07) is 9.77. The highest BCUT2D eigenvalue weighted by atomic mass is 19.1. The lowest BCUT2D eigenvalue weighted by Crippen LogP contribution is -2.40. The average Bonchev–Trinajstić information content (AvgIpc) is 2.58. The standard InChI is InChI=1S/C17H18FN3O/c18-15-1-3-16(4-2-15)20-17(22)21-11-7-14(8-12-21)13-5-9-19-10-6-13/h1-6,9-10,14H,7-8,11-12H2,(H,20,22). The minimum Gasteiger partial charge on any atom is -0.324 e. The van der Waals surface area contributed by atoms with E-state index in [0.29, 0.717) is 11.6 Å². The van der Waals surface area contributed by atoms with Crippen LogP contribution in [0.4, 0.5) is 14.9 Å². The molecule has 0 saturated carbocycles. The largest absolute Gasteiger partial charge is 0.324 e. The highest BCUT2D eigenvalue weighted by molar-refractivity contribution is 5.89. The molecule has 2 amide bonds. The summed E-state index contributed by atoms with van der Waals surface area (Å²) in [5.41, 5.74) is 1.90. The predicted molar refractivity (Wildman–Crippen MR) is 83.2 cm³/mol. The molecule has 2 aromatic rings. The van der Waals surface area contributed by atoms with Crippen molar-refractivity contribution in [2.24, 2.45) is 0 Å². The first-order valence-electron chi connectivity index (χ1n) is 7.44. The van der Waals surface area contributed by atoms with Crippen molar-refractivity contribution in [1.82, 2.24) is 9.88 Å². The lowest BCUT2D eigenvalue weighted by Gasteiger charge is -2.32. The average molecular weight is 299 g/mol. The van der Waals surface area contributed by atoms with Crippen molar-refractivity contribution in [2.45, 2.75) is 18.8 Å². The molecule has 1 saturated heterocycles. The van der Waals surface area contributed by atoms with Gasteiger partial charge in [0.05, 0.1) is 0 Å². The van der Waals surface area contributed by atoms with Gasteiger partial charge in [-0.3, -0.25) is 4.98 Å². The number of aromatic nitrogens is 1. The van der Waals surface area contributed by atoms with E-state index in [0.717, 1.165) is 25.9 Å². The molecule has 114 valence electrons. The summed E-state index contributed by atoms with van der Waals surface area (Å²) in [6.45, 7) is 1.44. The van der Waals surface area contributed by atoms with Gasteiger partial charge in [0.1, 0.15) is 5.82 Å². The molecule has 4 nitrogen and oxygen atoms in total. The number of urea groups is 1. The summed E-state index contributed by atoms with van der Waals surface area (Å²) in [6.07, 6.45) is 5.51. The van der Waals surface area contributed by atoms with Crippen LogP contribution in [-0.2, 0) is 0 Å². The number of halogens is 1. The number of hydrogen-bond donors (Lipinski definition) is 1. The first kappa shape index (κ1) is 14.5. The first-order valence-corrected chi connectivity index (χ1v) is 7.44. The zero-order valence-corrected chi connectivity index (χ0v) is 12.2. The molecule has 1 aliphatic rings. The molecule has 1 aliphatic heterocycles. The zero-order chi connectivity index (χ0) is 15.4. The monoisotopic (exact) mass is 299 g/mol. The predicted octanol–water partition coefficient (Wildman–Crippen LogP) is 3.63. The van der Waals surface area contributed by atoms with Crippen molar-refractivity contribution in [1.29, 1.82) is 0 Å². The van der Waals surface area contributed by atoms with Gasteiger partial charge in [-0.15, -0.1) is 0 Å². The van der Waals surface area contributed by atoms with Gasteiger partial charge in [0, 0.05) is 31.2 Å². The molecular formula is C17H18FN3O. The van der Waals surface area contributed by atoms with E-state index in [-0.39, 0.29) is 11.8 Å². The molecule has 22 heavy (non-hydrogen) atoms. The Morgan fingerprint density at radius 1 is 1.09 bits per heavy atom. The molecule has 0 atom stereocenters. The second-order valence-electron chi connectivity index (χ2n) is 5.48.